The lowest BCUT2D eigenvalue weighted by Gasteiger charge is -2.09. The first-order valence-electron chi connectivity index (χ1n) is 5.14. The minimum Gasteiger partial charge on any atom is -0.310 e. The van der Waals surface area contributed by atoms with Gasteiger partial charge < -0.3 is 5.32 Å². The molecule has 0 fully saturated rings. The molecule has 0 aliphatic rings. The molecule has 1 aromatic heterocycles. The topological polar surface area (TPSA) is 70.7 Å². The number of amides is 1. The van der Waals surface area contributed by atoms with Crippen molar-refractivity contribution in [2.75, 3.05) is 5.32 Å². The number of anilines is 1. The Kier molecular flexibility index (Phi) is 3.31. The third-order valence-corrected chi connectivity index (χ3v) is 2.58. The van der Waals surface area contributed by atoms with E-state index in [2.05, 4.69) is 10.4 Å². The molecule has 2 aromatic rings. The lowest BCUT2D eigenvalue weighted by molar-refractivity contribution is -0.114. The number of hydrogen-bond donors (Lipinski definition) is 1. The molecule has 2 rings (SSSR count). The van der Waals surface area contributed by atoms with E-state index in [9.17, 15) is 4.79 Å². The lowest BCUT2D eigenvalue weighted by atomic mass is 10.3. The third kappa shape index (κ3) is 2.19. The van der Waals surface area contributed by atoms with Gasteiger partial charge in [-0.05, 0) is 12.1 Å². The van der Waals surface area contributed by atoms with Crippen molar-refractivity contribution in [1.82, 2.24) is 9.78 Å². The zero-order chi connectivity index (χ0) is 13.1. The predicted molar refractivity (Wildman–Crippen MR) is 67.6 cm³/mol. The largest absolute Gasteiger partial charge is 0.310 e. The standard InChI is InChI=1S/C12H9ClN4O/c1-8(18)16-12-9(6-14)7-15-17(12)11-5-3-2-4-10(11)13/h2-5,7H,1H3,(H,16,18). The number of carbonyl (C=O) groups excluding carboxylic acids is 1. The van der Waals surface area contributed by atoms with Crippen LogP contribution in [0.4, 0.5) is 5.82 Å². The number of benzene rings is 1. The van der Waals surface area contributed by atoms with Crippen LogP contribution in [0.2, 0.25) is 5.02 Å². The molecule has 6 heteroatoms. The zero-order valence-electron chi connectivity index (χ0n) is 9.51. The first-order chi connectivity index (χ1) is 8.63. The quantitative estimate of drug-likeness (QED) is 0.901. The molecular formula is C12H9ClN4O. The maximum absolute atomic E-state index is 11.2. The van der Waals surface area contributed by atoms with Crippen molar-refractivity contribution in [2.24, 2.45) is 0 Å². The molecule has 18 heavy (non-hydrogen) atoms. The molecule has 5 nitrogen and oxygen atoms in total. The highest BCUT2D eigenvalue weighted by Crippen LogP contribution is 2.25. The monoisotopic (exact) mass is 260 g/mol. The Morgan fingerprint density at radius 1 is 1.50 bits per heavy atom. The summed E-state index contributed by atoms with van der Waals surface area (Å²) in [7, 11) is 0. The van der Waals surface area contributed by atoms with Crippen LogP contribution in [0, 0.1) is 11.3 Å². The highest BCUT2D eigenvalue weighted by molar-refractivity contribution is 6.32. The third-order valence-electron chi connectivity index (χ3n) is 2.26. The summed E-state index contributed by atoms with van der Waals surface area (Å²) in [6, 6.07) is 9.02. The predicted octanol–water partition coefficient (Wildman–Crippen LogP) is 2.36. The van der Waals surface area contributed by atoms with Crippen LogP contribution >= 0.6 is 11.6 Å². The van der Waals surface area contributed by atoms with Gasteiger partial charge in [0, 0.05) is 6.92 Å². The van der Waals surface area contributed by atoms with Gasteiger partial charge in [-0.25, -0.2) is 4.68 Å². The van der Waals surface area contributed by atoms with E-state index in [1.54, 1.807) is 24.3 Å². The highest BCUT2D eigenvalue weighted by Gasteiger charge is 2.14. The molecule has 0 saturated heterocycles. The molecule has 0 bridgehead atoms. The Balaban J connectivity index is 2.59. The molecule has 1 heterocycles. The van der Waals surface area contributed by atoms with Crippen molar-refractivity contribution in [3.8, 4) is 11.8 Å². The molecule has 0 saturated carbocycles. The van der Waals surface area contributed by atoms with E-state index >= 15 is 0 Å². The van der Waals surface area contributed by atoms with E-state index < -0.39 is 0 Å². The van der Waals surface area contributed by atoms with E-state index in [4.69, 9.17) is 16.9 Å². The summed E-state index contributed by atoms with van der Waals surface area (Å²) in [6.07, 6.45) is 1.38. The second kappa shape index (κ2) is 4.90. The van der Waals surface area contributed by atoms with Crippen LogP contribution in [0.1, 0.15) is 12.5 Å². The summed E-state index contributed by atoms with van der Waals surface area (Å²) >= 11 is 6.06. The van der Waals surface area contributed by atoms with Crippen molar-refractivity contribution >= 4 is 23.3 Å². The minimum atomic E-state index is -0.277. The second-order valence-corrected chi connectivity index (χ2v) is 3.97. The van der Waals surface area contributed by atoms with E-state index in [1.807, 2.05) is 6.07 Å². The van der Waals surface area contributed by atoms with Crippen molar-refractivity contribution in [3.63, 3.8) is 0 Å². The molecule has 1 N–H and O–H groups in total. The number of nitrogens with zero attached hydrogens (tertiary/aromatic N) is 3. The van der Waals surface area contributed by atoms with Gasteiger partial charge in [0.15, 0.2) is 5.82 Å². The summed E-state index contributed by atoms with van der Waals surface area (Å²) in [5, 5.41) is 16.1. The number of carbonyl (C=O) groups is 1. The van der Waals surface area contributed by atoms with Crippen LogP contribution < -0.4 is 5.32 Å². The van der Waals surface area contributed by atoms with Crippen molar-refractivity contribution < 1.29 is 4.79 Å². The fourth-order valence-corrected chi connectivity index (χ4v) is 1.74. The number of para-hydroxylation sites is 1. The van der Waals surface area contributed by atoms with Crippen LogP contribution in [0.5, 0.6) is 0 Å². The molecule has 0 radical (unpaired) electrons. The Morgan fingerprint density at radius 2 is 2.22 bits per heavy atom. The molecule has 90 valence electrons. The van der Waals surface area contributed by atoms with Gasteiger partial charge in [0.1, 0.15) is 11.6 Å². The van der Waals surface area contributed by atoms with Gasteiger partial charge >= 0.3 is 0 Å². The first-order valence-corrected chi connectivity index (χ1v) is 5.52. The van der Waals surface area contributed by atoms with Gasteiger partial charge in [-0.15, -0.1) is 0 Å². The van der Waals surface area contributed by atoms with E-state index in [0.29, 0.717) is 16.5 Å². The van der Waals surface area contributed by atoms with Crippen LogP contribution in [0.15, 0.2) is 30.5 Å². The van der Waals surface area contributed by atoms with Crippen LogP contribution in [-0.2, 0) is 4.79 Å². The summed E-state index contributed by atoms with van der Waals surface area (Å²) in [6.45, 7) is 1.37. The number of nitrogens with one attached hydrogen (secondary N) is 1. The molecule has 0 atom stereocenters. The van der Waals surface area contributed by atoms with Gasteiger partial charge in [-0.2, -0.15) is 10.4 Å². The summed E-state index contributed by atoms with van der Waals surface area (Å²) < 4.78 is 1.43. The SMILES string of the molecule is CC(=O)Nc1c(C#N)cnn1-c1ccccc1Cl. The molecule has 1 amide bonds. The maximum Gasteiger partial charge on any atom is 0.222 e. The summed E-state index contributed by atoms with van der Waals surface area (Å²) in [5.41, 5.74) is 0.884. The lowest BCUT2D eigenvalue weighted by Crippen LogP contribution is -2.12. The second-order valence-electron chi connectivity index (χ2n) is 3.56. The maximum atomic E-state index is 11.2. The van der Waals surface area contributed by atoms with Gasteiger partial charge in [0.25, 0.3) is 0 Å². The van der Waals surface area contributed by atoms with E-state index in [0.717, 1.165) is 0 Å². The van der Waals surface area contributed by atoms with Gasteiger partial charge in [0.05, 0.1) is 16.9 Å². The average molecular weight is 261 g/mol. The number of rotatable bonds is 2. The zero-order valence-corrected chi connectivity index (χ0v) is 10.3. The van der Waals surface area contributed by atoms with Crippen molar-refractivity contribution in [3.05, 3.63) is 41.0 Å². The van der Waals surface area contributed by atoms with Crippen LogP contribution in [-0.4, -0.2) is 15.7 Å². The number of nitriles is 1. The minimum absolute atomic E-state index is 0.277. The van der Waals surface area contributed by atoms with E-state index in [-0.39, 0.29) is 11.5 Å². The molecule has 0 spiro atoms. The number of halogens is 1. The van der Waals surface area contributed by atoms with Crippen LogP contribution in [0.25, 0.3) is 5.69 Å². The Hall–Kier alpha value is -2.32. The smallest absolute Gasteiger partial charge is 0.222 e. The highest BCUT2D eigenvalue weighted by atomic mass is 35.5. The van der Waals surface area contributed by atoms with E-state index in [1.165, 1.54) is 17.8 Å². The number of hydrogen-bond acceptors (Lipinski definition) is 3. The summed E-state index contributed by atoms with van der Waals surface area (Å²) in [4.78, 5) is 11.2. The Bertz CT molecular complexity index is 642. The molecule has 0 unspecified atom stereocenters. The molecular weight excluding hydrogens is 252 g/mol. The normalized spacial score (nSPS) is 9.83. The number of aromatic nitrogens is 2. The summed E-state index contributed by atoms with van der Waals surface area (Å²) in [5.74, 6) is 0.0402. The molecule has 0 aliphatic heterocycles. The van der Waals surface area contributed by atoms with Crippen molar-refractivity contribution in [1.29, 1.82) is 5.26 Å². The first kappa shape index (κ1) is 12.1. The van der Waals surface area contributed by atoms with Crippen LogP contribution in [0.3, 0.4) is 0 Å². The van der Waals surface area contributed by atoms with Gasteiger partial charge in [-0.3, -0.25) is 4.79 Å². The average Bonchev–Trinajstić information content (AvgIpc) is 2.72. The fraction of sp³-hybridized carbons (Fsp3) is 0.0833. The Morgan fingerprint density at radius 3 is 2.83 bits per heavy atom. The molecule has 1 aromatic carbocycles. The fourth-order valence-electron chi connectivity index (χ4n) is 1.52. The van der Waals surface area contributed by atoms with Gasteiger partial charge in [-0.1, -0.05) is 23.7 Å². The molecule has 0 aliphatic carbocycles. The van der Waals surface area contributed by atoms with Crippen molar-refractivity contribution in [2.45, 2.75) is 6.92 Å². The van der Waals surface area contributed by atoms with Gasteiger partial charge in [0.2, 0.25) is 5.91 Å². The Labute approximate surface area is 109 Å².